The van der Waals surface area contributed by atoms with E-state index in [9.17, 15) is 4.79 Å². The highest BCUT2D eigenvalue weighted by molar-refractivity contribution is 6.03. The number of imidazole rings is 1. The highest BCUT2D eigenvalue weighted by Crippen LogP contribution is 2.60. The van der Waals surface area contributed by atoms with E-state index in [1.54, 1.807) is 12.4 Å². The molecular formula is C34H36N8O2. The normalized spacial score (nSPS) is 23.8. The molecule has 5 heterocycles. The van der Waals surface area contributed by atoms with Crippen LogP contribution in [0.3, 0.4) is 0 Å². The zero-order valence-corrected chi connectivity index (χ0v) is 25.3. The molecule has 0 unspecified atom stereocenters. The van der Waals surface area contributed by atoms with Crippen molar-refractivity contribution in [3.8, 4) is 22.5 Å². The number of nitrogens with zero attached hydrogens (tertiary/aromatic N) is 7. The third-order valence-electron chi connectivity index (χ3n) is 10.3. The zero-order chi connectivity index (χ0) is 30.0. The average molecular weight is 589 g/mol. The predicted octanol–water partition coefficient (Wildman–Crippen LogP) is 6.41. The Labute approximate surface area is 255 Å². The first kappa shape index (κ1) is 27.0. The van der Waals surface area contributed by atoms with Crippen molar-refractivity contribution >= 4 is 23.3 Å². The van der Waals surface area contributed by atoms with Crippen LogP contribution in [0, 0.1) is 37.0 Å². The zero-order valence-electron chi connectivity index (χ0n) is 25.3. The fourth-order valence-corrected chi connectivity index (χ4v) is 8.73. The number of ether oxygens (including phenoxy) is 1. The van der Waals surface area contributed by atoms with Gasteiger partial charge >= 0.3 is 5.97 Å². The van der Waals surface area contributed by atoms with Gasteiger partial charge in [-0.3, -0.25) is 9.08 Å². The van der Waals surface area contributed by atoms with Crippen molar-refractivity contribution in [1.82, 2.24) is 34.3 Å². The van der Waals surface area contributed by atoms with Crippen LogP contribution in [0.1, 0.15) is 60.1 Å². The molecule has 224 valence electrons. The molecule has 4 aliphatic rings. The van der Waals surface area contributed by atoms with E-state index in [1.165, 1.54) is 45.6 Å². The monoisotopic (exact) mass is 588 g/mol. The van der Waals surface area contributed by atoms with Gasteiger partial charge in [-0.15, -0.1) is 10.2 Å². The minimum absolute atomic E-state index is 0.359. The third-order valence-corrected chi connectivity index (χ3v) is 10.3. The van der Waals surface area contributed by atoms with E-state index in [4.69, 9.17) is 14.8 Å². The number of methoxy groups -OCH3 is 1. The van der Waals surface area contributed by atoms with Gasteiger partial charge in [0, 0.05) is 35.8 Å². The molecule has 4 saturated carbocycles. The number of carbonyl (C=O) groups is 1. The standard InChI is InChI=1S/C34H36N8O2/c1-20-10-27(39-40-31(20)38-29-6-4-5-8-35-29)28-18-36-32-30(33(43)44-3)25(7-9-41(28)32)26-17-37-42(21(26)2)19-34-14-22-11-23(15-34)13-24(12-22)16-34/h4-10,17-18,22-24H,11-16,19H2,1-3H3,(H,35,38,40). The lowest BCUT2D eigenvalue weighted by Crippen LogP contribution is -2.48. The second kappa shape index (κ2) is 10.2. The van der Waals surface area contributed by atoms with Crippen LogP contribution in [-0.4, -0.2) is 47.4 Å². The molecule has 4 fully saturated rings. The van der Waals surface area contributed by atoms with E-state index in [-0.39, 0.29) is 0 Å². The molecule has 4 aliphatic carbocycles. The molecule has 0 aliphatic heterocycles. The van der Waals surface area contributed by atoms with Gasteiger partial charge in [0.15, 0.2) is 11.5 Å². The van der Waals surface area contributed by atoms with Gasteiger partial charge in [-0.25, -0.2) is 14.8 Å². The second-order valence-corrected chi connectivity index (χ2v) is 13.3. The molecule has 0 atom stereocenters. The average Bonchev–Trinajstić information content (AvgIpc) is 3.60. The summed E-state index contributed by atoms with van der Waals surface area (Å²) < 4.78 is 9.35. The highest BCUT2D eigenvalue weighted by atomic mass is 16.5. The number of hydrogen-bond donors (Lipinski definition) is 1. The molecule has 4 bridgehead atoms. The van der Waals surface area contributed by atoms with Crippen LogP contribution < -0.4 is 5.32 Å². The SMILES string of the molecule is COC(=O)c1c(-c2cnn(CC34CC5CC(CC(C5)C3)C4)c2C)ccn2c(-c3cc(C)c(Nc4ccccn4)nn3)cnc12. The first-order valence-electron chi connectivity index (χ1n) is 15.5. The lowest BCUT2D eigenvalue weighted by molar-refractivity contribution is -0.0638. The molecule has 1 N–H and O–H groups in total. The molecule has 10 heteroatoms. The number of aryl methyl sites for hydroxylation is 1. The minimum Gasteiger partial charge on any atom is -0.465 e. The maximum Gasteiger partial charge on any atom is 0.342 e. The van der Waals surface area contributed by atoms with E-state index < -0.39 is 5.97 Å². The molecule has 0 aromatic carbocycles. The smallest absolute Gasteiger partial charge is 0.342 e. The van der Waals surface area contributed by atoms with Crippen LogP contribution >= 0.6 is 0 Å². The fourth-order valence-electron chi connectivity index (χ4n) is 8.73. The summed E-state index contributed by atoms with van der Waals surface area (Å²) in [6.45, 7) is 5.04. The number of fused-ring (bicyclic) bond motifs is 1. The highest BCUT2D eigenvalue weighted by Gasteiger charge is 2.51. The summed E-state index contributed by atoms with van der Waals surface area (Å²) in [6.07, 6.45) is 15.5. The Morgan fingerprint density at radius 3 is 2.45 bits per heavy atom. The van der Waals surface area contributed by atoms with Gasteiger partial charge in [-0.1, -0.05) is 6.07 Å². The molecule has 0 radical (unpaired) electrons. The minimum atomic E-state index is -0.437. The summed E-state index contributed by atoms with van der Waals surface area (Å²) in [5.74, 6) is 3.55. The van der Waals surface area contributed by atoms with Crippen molar-refractivity contribution in [3.63, 3.8) is 0 Å². The summed E-state index contributed by atoms with van der Waals surface area (Å²) >= 11 is 0. The van der Waals surface area contributed by atoms with Crippen LogP contribution in [0.25, 0.3) is 28.2 Å². The first-order chi connectivity index (χ1) is 21.4. The maximum absolute atomic E-state index is 13.3. The van der Waals surface area contributed by atoms with Gasteiger partial charge in [0.25, 0.3) is 0 Å². The van der Waals surface area contributed by atoms with Gasteiger partial charge in [-0.05, 0) is 105 Å². The van der Waals surface area contributed by atoms with Crippen molar-refractivity contribution < 1.29 is 9.53 Å². The van der Waals surface area contributed by atoms with Gasteiger partial charge in [0.1, 0.15) is 17.1 Å². The quantitative estimate of drug-likeness (QED) is 0.217. The van der Waals surface area contributed by atoms with Crippen LogP contribution in [-0.2, 0) is 11.3 Å². The van der Waals surface area contributed by atoms with Gasteiger partial charge in [0.05, 0.1) is 25.2 Å². The number of nitrogens with one attached hydrogen (secondary N) is 1. The molecule has 0 amide bonds. The van der Waals surface area contributed by atoms with Gasteiger partial charge in [0.2, 0.25) is 0 Å². The number of carbonyl (C=O) groups excluding carboxylic acids is 1. The molecule has 0 saturated heterocycles. The van der Waals surface area contributed by atoms with Crippen molar-refractivity contribution in [3.05, 3.63) is 71.9 Å². The van der Waals surface area contributed by atoms with E-state index in [2.05, 4.69) is 32.1 Å². The third kappa shape index (κ3) is 4.46. The maximum atomic E-state index is 13.3. The number of rotatable bonds is 7. The van der Waals surface area contributed by atoms with E-state index in [1.807, 2.05) is 54.0 Å². The summed E-state index contributed by atoms with van der Waals surface area (Å²) in [4.78, 5) is 22.3. The molecule has 5 aromatic heterocycles. The van der Waals surface area contributed by atoms with Crippen LogP contribution in [0.2, 0.25) is 0 Å². The molecule has 44 heavy (non-hydrogen) atoms. The Morgan fingerprint density at radius 1 is 1.00 bits per heavy atom. The molecule has 5 aromatic rings. The first-order valence-corrected chi connectivity index (χ1v) is 15.5. The fraction of sp³-hybridized carbons (Fsp3) is 0.412. The topological polar surface area (TPSA) is 112 Å². The Bertz CT molecular complexity index is 1860. The van der Waals surface area contributed by atoms with E-state index in [0.717, 1.165) is 52.4 Å². The Morgan fingerprint density at radius 2 is 1.77 bits per heavy atom. The molecule has 0 spiro atoms. The Hall–Kier alpha value is -4.60. The molecule has 9 rings (SSSR count). The van der Waals surface area contributed by atoms with Gasteiger partial charge < -0.3 is 10.1 Å². The molecule has 10 nitrogen and oxygen atoms in total. The predicted molar refractivity (Wildman–Crippen MR) is 166 cm³/mol. The summed E-state index contributed by atoms with van der Waals surface area (Å²) in [6, 6.07) is 9.56. The number of hydrogen-bond acceptors (Lipinski definition) is 8. The summed E-state index contributed by atoms with van der Waals surface area (Å²) in [5, 5.41) is 17.0. The van der Waals surface area contributed by atoms with Crippen molar-refractivity contribution in [2.75, 3.05) is 12.4 Å². The summed E-state index contributed by atoms with van der Waals surface area (Å²) in [7, 11) is 1.41. The largest absolute Gasteiger partial charge is 0.465 e. The lowest BCUT2D eigenvalue weighted by atomic mass is 9.49. The van der Waals surface area contributed by atoms with E-state index in [0.29, 0.717) is 34.0 Å². The second-order valence-electron chi connectivity index (χ2n) is 13.3. The number of esters is 1. The van der Waals surface area contributed by atoms with Gasteiger partial charge in [-0.2, -0.15) is 5.10 Å². The number of anilines is 2. The van der Waals surface area contributed by atoms with E-state index >= 15 is 0 Å². The van der Waals surface area contributed by atoms with Crippen molar-refractivity contribution in [1.29, 1.82) is 0 Å². The van der Waals surface area contributed by atoms with Crippen LogP contribution in [0.15, 0.2) is 55.1 Å². The van der Waals surface area contributed by atoms with Crippen LogP contribution in [0.4, 0.5) is 11.6 Å². The number of aromatic nitrogens is 7. The summed E-state index contributed by atoms with van der Waals surface area (Å²) in [5.41, 5.74) is 6.33. The molecular weight excluding hydrogens is 552 g/mol. The lowest BCUT2D eigenvalue weighted by Gasteiger charge is -2.56. The Kier molecular flexibility index (Phi) is 6.28. The van der Waals surface area contributed by atoms with Crippen LogP contribution in [0.5, 0.6) is 0 Å². The van der Waals surface area contributed by atoms with Crippen molar-refractivity contribution in [2.24, 2.45) is 23.2 Å². The Balaban J connectivity index is 1.14. The number of pyridine rings is 2. The van der Waals surface area contributed by atoms with Crippen molar-refractivity contribution in [2.45, 2.75) is 58.9 Å².